The predicted octanol–water partition coefficient (Wildman–Crippen LogP) is 4.03. The number of rotatable bonds is 5. The minimum absolute atomic E-state index is 0.557. The van der Waals surface area contributed by atoms with Crippen LogP contribution < -0.4 is 15.2 Å². The van der Waals surface area contributed by atoms with Crippen LogP contribution in [0.3, 0.4) is 0 Å². The Morgan fingerprint density at radius 2 is 1.90 bits per heavy atom. The third-order valence-electron chi connectivity index (χ3n) is 2.92. The van der Waals surface area contributed by atoms with E-state index in [-0.39, 0.29) is 0 Å². The summed E-state index contributed by atoms with van der Waals surface area (Å²) in [4.78, 5) is 0. The maximum absolute atomic E-state index is 8.96. The van der Waals surface area contributed by atoms with E-state index in [4.69, 9.17) is 20.5 Å². The van der Waals surface area contributed by atoms with Gasteiger partial charge in [0.25, 0.3) is 0 Å². The normalized spacial score (nSPS) is 9.95. The summed E-state index contributed by atoms with van der Waals surface area (Å²) in [7, 11) is 0. The maximum Gasteiger partial charge on any atom is 0.133 e. The van der Waals surface area contributed by atoms with Gasteiger partial charge >= 0.3 is 0 Å². The predicted molar refractivity (Wildman–Crippen MR) is 82.6 cm³/mol. The molecule has 0 spiro atoms. The highest BCUT2D eigenvalue weighted by Gasteiger charge is 2.06. The van der Waals surface area contributed by atoms with Crippen molar-refractivity contribution in [3.8, 4) is 23.3 Å². The van der Waals surface area contributed by atoms with Gasteiger partial charge in [-0.2, -0.15) is 5.26 Å². The quantitative estimate of drug-likeness (QED) is 0.841. The van der Waals surface area contributed by atoms with Gasteiger partial charge in [0, 0.05) is 23.9 Å². The first kappa shape index (κ1) is 14.7. The van der Waals surface area contributed by atoms with E-state index >= 15 is 0 Å². The van der Waals surface area contributed by atoms with Crippen molar-refractivity contribution >= 4 is 5.69 Å². The molecule has 2 rings (SSSR count). The lowest BCUT2D eigenvalue weighted by Crippen LogP contribution is -1.97. The fourth-order valence-corrected chi connectivity index (χ4v) is 1.86. The summed E-state index contributed by atoms with van der Waals surface area (Å²) in [5.74, 6) is 1.92. The van der Waals surface area contributed by atoms with E-state index in [0.717, 1.165) is 12.0 Å². The van der Waals surface area contributed by atoms with E-state index in [9.17, 15) is 0 Å². The van der Waals surface area contributed by atoms with Crippen LogP contribution in [0.4, 0.5) is 5.69 Å². The summed E-state index contributed by atoms with van der Waals surface area (Å²) in [6.07, 6.45) is 0.925. The molecular weight excluding hydrogens is 264 g/mol. The zero-order valence-corrected chi connectivity index (χ0v) is 12.2. The summed E-state index contributed by atoms with van der Waals surface area (Å²) in [6.45, 7) is 4.60. The molecule has 0 bridgehead atoms. The first-order valence-electron chi connectivity index (χ1n) is 6.84. The van der Waals surface area contributed by atoms with Gasteiger partial charge in [-0.1, -0.05) is 13.0 Å². The van der Waals surface area contributed by atoms with Crippen molar-refractivity contribution in [2.24, 2.45) is 0 Å². The van der Waals surface area contributed by atoms with Crippen LogP contribution in [0.5, 0.6) is 17.2 Å². The number of ether oxygens (including phenoxy) is 2. The lowest BCUT2D eigenvalue weighted by atomic mass is 10.1. The van der Waals surface area contributed by atoms with Crippen LogP contribution in [0.1, 0.15) is 24.5 Å². The lowest BCUT2D eigenvalue weighted by molar-refractivity contribution is 0.316. The molecule has 0 atom stereocenters. The fraction of sp³-hybridized carbons (Fsp3) is 0.235. The molecule has 4 nitrogen and oxygen atoms in total. The molecule has 0 saturated heterocycles. The molecule has 0 saturated carbocycles. The Morgan fingerprint density at radius 1 is 1.14 bits per heavy atom. The largest absolute Gasteiger partial charge is 0.493 e. The Labute approximate surface area is 124 Å². The van der Waals surface area contributed by atoms with Crippen LogP contribution >= 0.6 is 0 Å². The second kappa shape index (κ2) is 6.67. The van der Waals surface area contributed by atoms with Gasteiger partial charge in [0.05, 0.1) is 18.2 Å². The molecule has 0 aliphatic carbocycles. The molecule has 0 unspecified atom stereocenters. The van der Waals surface area contributed by atoms with Crippen LogP contribution in [0.2, 0.25) is 0 Å². The highest BCUT2D eigenvalue weighted by Crippen LogP contribution is 2.30. The number of benzene rings is 2. The molecule has 0 radical (unpaired) electrons. The van der Waals surface area contributed by atoms with Crippen molar-refractivity contribution in [2.45, 2.75) is 20.3 Å². The topological polar surface area (TPSA) is 68.3 Å². The molecule has 0 aromatic heterocycles. The molecule has 2 aromatic carbocycles. The second-order valence-electron chi connectivity index (χ2n) is 4.78. The molecule has 4 heteroatoms. The molecule has 0 heterocycles. The van der Waals surface area contributed by atoms with Crippen molar-refractivity contribution in [1.82, 2.24) is 0 Å². The van der Waals surface area contributed by atoms with Crippen LogP contribution in [-0.4, -0.2) is 6.61 Å². The summed E-state index contributed by atoms with van der Waals surface area (Å²) in [6, 6.07) is 12.7. The van der Waals surface area contributed by atoms with Gasteiger partial charge in [0.2, 0.25) is 0 Å². The molecular formula is C17H18N2O2. The molecule has 2 aromatic rings. The average molecular weight is 282 g/mol. The molecule has 108 valence electrons. The van der Waals surface area contributed by atoms with E-state index in [2.05, 4.69) is 6.07 Å². The van der Waals surface area contributed by atoms with Crippen molar-refractivity contribution in [1.29, 1.82) is 5.26 Å². The van der Waals surface area contributed by atoms with Crippen LogP contribution in [0, 0.1) is 18.3 Å². The highest BCUT2D eigenvalue weighted by atomic mass is 16.5. The van der Waals surface area contributed by atoms with Crippen molar-refractivity contribution < 1.29 is 9.47 Å². The Balaban J connectivity index is 2.27. The number of hydrogen-bond acceptors (Lipinski definition) is 4. The summed E-state index contributed by atoms with van der Waals surface area (Å²) < 4.78 is 11.4. The average Bonchev–Trinajstić information content (AvgIpc) is 2.47. The summed E-state index contributed by atoms with van der Waals surface area (Å²) in [5.41, 5.74) is 7.95. The maximum atomic E-state index is 8.96. The number of anilines is 1. The third-order valence-corrected chi connectivity index (χ3v) is 2.92. The van der Waals surface area contributed by atoms with Crippen LogP contribution in [0.15, 0.2) is 36.4 Å². The zero-order valence-electron chi connectivity index (χ0n) is 12.2. The highest BCUT2D eigenvalue weighted by molar-refractivity contribution is 5.52. The Hall–Kier alpha value is -2.67. The van der Waals surface area contributed by atoms with Crippen LogP contribution in [0.25, 0.3) is 0 Å². The molecule has 0 aliphatic heterocycles. The van der Waals surface area contributed by atoms with E-state index < -0.39 is 0 Å². The number of nitrogens with zero attached hydrogens (tertiary/aromatic N) is 1. The molecule has 0 fully saturated rings. The molecule has 21 heavy (non-hydrogen) atoms. The van der Waals surface area contributed by atoms with Gasteiger partial charge in [-0.3, -0.25) is 0 Å². The third kappa shape index (κ3) is 3.90. The fourth-order valence-electron chi connectivity index (χ4n) is 1.86. The smallest absolute Gasteiger partial charge is 0.133 e. The Morgan fingerprint density at radius 3 is 2.62 bits per heavy atom. The number of nitrogens with two attached hydrogens (primary N) is 1. The van der Waals surface area contributed by atoms with E-state index in [1.165, 1.54) is 0 Å². The minimum atomic E-state index is 0.557. The standard InChI is InChI=1S/C17H18N2O2/c1-3-6-20-15-8-14(19)9-16(10-15)21-17-7-13(11-18)5-4-12(17)2/h4-5,7-10H,3,6,19H2,1-2H3. The number of nitriles is 1. The molecule has 2 N–H and O–H groups in total. The van der Waals surface area contributed by atoms with Crippen molar-refractivity contribution in [2.75, 3.05) is 12.3 Å². The van der Waals surface area contributed by atoms with Gasteiger partial charge in [-0.05, 0) is 31.0 Å². The lowest BCUT2D eigenvalue weighted by Gasteiger charge is -2.12. The Bertz CT molecular complexity index is 675. The number of aryl methyl sites for hydroxylation is 1. The van der Waals surface area contributed by atoms with Gasteiger partial charge in [0.15, 0.2) is 0 Å². The summed E-state index contributed by atoms with van der Waals surface area (Å²) in [5, 5.41) is 8.96. The molecule has 0 aliphatic rings. The zero-order chi connectivity index (χ0) is 15.2. The monoisotopic (exact) mass is 282 g/mol. The first-order chi connectivity index (χ1) is 10.1. The van der Waals surface area contributed by atoms with Gasteiger partial charge in [-0.25, -0.2) is 0 Å². The number of nitrogen functional groups attached to an aromatic ring is 1. The van der Waals surface area contributed by atoms with Crippen molar-refractivity contribution in [3.63, 3.8) is 0 Å². The van der Waals surface area contributed by atoms with Gasteiger partial charge < -0.3 is 15.2 Å². The minimum Gasteiger partial charge on any atom is -0.493 e. The van der Waals surface area contributed by atoms with Gasteiger partial charge in [0.1, 0.15) is 17.2 Å². The summed E-state index contributed by atoms with van der Waals surface area (Å²) >= 11 is 0. The second-order valence-corrected chi connectivity index (χ2v) is 4.78. The van der Waals surface area contributed by atoms with E-state index in [1.54, 1.807) is 30.3 Å². The first-order valence-corrected chi connectivity index (χ1v) is 6.84. The Kier molecular flexibility index (Phi) is 4.68. The van der Waals surface area contributed by atoms with E-state index in [1.807, 2.05) is 19.9 Å². The van der Waals surface area contributed by atoms with Gasteiger partial charge in [-0.15, -0.1) is 0 Å². The SMILES string of the molecule is CCCOc1cc(N)cc(Oc2cc(C#N)ccc2C)c1. The number of hydrogen-bond donors (Lipinski definition) is 1. The molecule has 0 amide bonds. The van der Waals surface area contributed by atoms with E-state index in [0.29, 0.717) is 35.1 Å². The van der Waals surface area contributed by atoms with Crippen molar-refractivity contribution in [3.05, 3.63) is 47.5 Å². The van der Waals surface area contributed by atoms with Crippen LogP contribution in [-0.2, 0) is 0 Å².